The predicted octanol–water partition coefficient (Wildman–Crippen LogP) is 2.07. The Hall–Kier alpha value is -3.46. The van der Waals surface area contributed by atoms with Crippen LogP contribution in [0.15, 0.2) is 42.9 Å². The van der Waals surface area contributed by atoms with Crippen molar-refractivity contribution < 1.29 is 9.18 Å². The lowest BCUT2D eigenvalue weighted by Gasteiger charge is -2.25. The minimum atomic E-state index is -0.353. The lowest BCUT2D eigenvalue weighted by molar-refractivity contribution is 0.0939. The molecule has 2 aliphatic heterocycles. The highest BCUT2D eigenvalue weighted by molar-refractivity contribution is 5.94. The fourth-order valence-electron chi connectivity index (χ4n) is 4.15. The number of carbonyl (C=O) groups excluding carboxylic acids is 1. The number of halogens is 1. The van der Waals surface area contributed by atoms with Crippen LogP contribution in [0.1, 0.15) is 28.0 Å². The van der Waals surface area contributed by atoms with Gasteiger partial charge in [0.15, 0.2) is 5.82 Å². The molecule has 0 unspecified atom stereocenters. The molecule has 9 heteroatoms. The van der Waals surface area contributed by atoms with Gasteiger partial charge in [0.25, 0.3) is 5.91 Å². The zero-order valence-electron chi connectivity index (χ0n) is 17.8. The largest absolute Gasteiger partial charge is 0.347 e. The number of hydrogen-bond acceptors (Lipinski definition) is 7. The highest BCUT2D eigenvalue weighted by Gasteiger charge is 2.27. The molecule has 32 heavy (non-hydrogen) atoms. The molecular weight excluding hydrogens is 409 g/mol. The van der Waals surface area contributed by atoms with Crippen LogP contribution in [-0.2, 0) is 13.0 Å². The highest BCUT2D eigenvalue weighted by atomic mass is 19.1. The van der Waals surface area contributed by atoms with Gasteiger partial charge in [-0.2, -0.15) is 0 Å². The summed E-state index contributed by atoms with van der Waals surface area (Å²) in [6.07, 6.45) is 6.62. The maximum Gasteiger partial charge on any atom is 0.254 e. The quantitative estimate of drug-likeness (QED) is 0.674. The Morgan fingerprint density at radius 3 is 2.81 bits per heavy atom. The minimum absolute atomic E-state index is 0.00355. The number of nitrogens with one attached hydrogen (secondary N) is 1. The first-order valence-corrected chi connectivity index (χ1v) is 10.7. The van der Waals surface area contributed by atoms with E-state index in [0.717, 1.165) is 44.1 Å². The Labute approximate surface area is 185 Å². The van der Waals surface area contributed by atoms with E-state index < -0.39 is 0 Å². The Kier molecular flexibility index (Phi) is 5.48. The molecule has 0 radical (unpaired) electrons. The van der Waals surface area contributed by atoms with Gasteiger partial charge in [-0.3, -0.25) is 4.79 Å². The minimum Gasteiger partial charge on any atom is -0.347 e. The van der Waals surface area contributed by atoms with E-state index in [4.69, 9.17) is 4.98 Å². The van der Waals surface area contributed by atoms with Gasteiger partial charge in [-0.25, -0.2) is 24.3 Å². The van der Waals surface area contributed by atoms with E-state index in [1.807, 2.05) is 6.20 Å². The van der Waals surface area contributed by atoms with Crippen LogP contribution in [0.25, 0.3) is 11.4 Å². The second-order valence-corrected chi connectivity index (χ2v) is 8.34. The first kappa shape index (κ1) is 20.4. The summed E-state index contributed by atoms with van der Waals surface area (Å²) in [5, 5.41) is 3.05. The first-order valence-electron chi connectivity index (χ1n) is 10.7. The molecule has 4 heterocycles. The van der Waals surface area contributed by atoms with Crippen molar-refractivity contribution in [3.8, 4) is 11.4 Å². The van der Waals surface area contributed by atoms with Crippen LogP contribution in [-0.4, -0.2) is 63.5 Å². The Balaban J connectivity index is 1.21. The normalized spacial score (nSPS) is 18.4. The Morgan fingerprint density at radius 1 is 1.16 bits per heavy atom. The van der Waals surface area contributed by atoms with Crippen molar-refractivity contribution in [3.63, 3.8) is 0 Å². The van der Waals surface area contributed by atoms with Crippen molar-refractivity contribution in [2.75, 3.05) is 31.6 Å². The van der Waals surface area contributed by atoms with Crippen LogP contribution >= 0.6 is 0 Å². The molecule has 1 amide bonds. The number of likely N-dealkylation sites (N-methyl/N-ethyl adjacent to an activating group) is 1. The number of benzene rings is 1. The summed E-state index contributed by atoms with van der Waals surface area (Å²) in [7, 11) is 2.10. The van der Waals surface area contributed by atoms with Gasteiger partial charge >= 0.3 is 0 Å². The van der Waals surface area contributed by atoms with Crippen LogP contribution in [0.2, 0.25) is 0 Å². The van der Waals surface area contributed by atoms with Gasteiger partial charge in [0.05, 0.1) is 11.3 Å². The molecule has 0 spiro atoms. The predicted molar refractivity (Wildman–Crippen MR) is 118 cm³/mol. The number of hydrogen-bond donors (Lipinski definition) is 1. The van der Waals surface area contributed by atoms with E-state index in [1.54, 1.807) is 12.1 Å². The maximum absolute atomic E-state index is 13.4. The summed E-state index contributed by atoms with van der Waals surface area (Å²) in [5.41, 5.74) is 3.25. The Morgan fingerprint density at radius 2 is 2.00 bits per heavy atom. The fourth-order valence-corrected chi connectivity index (χ4v) is 4.15. The molecule has 2 aromatic heterocycles. The monoisotopic (exact) mass is 433 g/mol. The topological polar surface area (TPSA) is 87.1 Å². The van der Waals surface area contributed by atoms with Crippen LogP contribution in [0.3, 0.4) is 0 Å². The third-order valence-corrected chi connectivity index (χ3v) is 5.92. The second kappa shape index (κ2) is 8.58. The Bertz CT molecular complexity index is 1140. The molecule has 1 N–H and O–H groups in total. The van der Waals surface area contributed by atoms with Gasteiger partial charge < -0.3 is 15.1 Å². The van der Waals surface area contributed by atoms with Gasteiger partial charge in [-0.05, 0) is 25.6 Å². The summed E-state index contributed by atoms with van der Waals surface area (Å²) in [5.74, 6) is 0.530. The fraction of sp³-hybridized carbons (Fsp3) is 0.348. The zero-order valence-corrected chi connectivity index (χ0v) is 17.8. The molecule has 2 aliphatic rings. The van der Waals surface area contributed by atoms with Crippen LogP contribution in [0.4, 0.5) is 10.3 Å². The average molecular weight is 433 g/mol. The van der Waals surface area contributed by atoms with E-state index in [0.29, 0.717) is 23.5 Å². The van der Waals surface area contributed by atoms with Gasteiger partial charge in [-0.1, -0.05) is 12.1 Å². The highest BCUT2D eigenvalue weighted by Crippen LogP contribution is 2.21. The van der Waals surface area contributed by atoms with Crippen molar-refractivity contribution in [1.82, 2.24) is 30.2 Å². The van der Waals surface area contributed by atoms with Crippen molar-refractivity contribution in [1.29, 1.82) is 0 Å². The molecular formula is C23H24FN7O. The first-order chi connectivity index (χ1) is 15.5. The summed E-state index contributed by atoms with van der Waals surface area (Å²) in [6.45, 7) is 3.34. The molecule has 1 saturated heterocycles. The number of fused-ring (bicyclic) bond motifs is 1. The molecule has 1 fully saturated rings. The summed E-state index contributed by atoms with van der Waals surface area (Å²) in [6, 6.07) is 6.06. The lowest BCUT2D eigenvalue weighted by Crippen LogP contribution is -2.37. The number of aromatic nitrogens is 4. The average Bonchev–Trinajstić information content (AvgIpc) is 3.27. The summed E-state index contributed by atoms with van der Waals surface area (Å²) in [4.78, 5) is 34.8. The van der Waals surface area contributed by atoms with Gasteiger partial charge in [0.2, 0.25) is 5.95 Å². The molecule has 0 aliphatic carbocycles. The SMILES string of the molecule is CN1CCc2nc(N3CC[C@H](NC(=O)c4cnc(-c5cccc(F)c5)nc4)C3)ncc2C1. The van der Waals surface area contributed by atoms with Crippen molar-refractivity contribution in [2.24, 2.45) is 0 Å². The van der Waals surface area contributed by atoms with E-state index in [9.17, 15) is 9.18 Å². The molecule has 8 nitrogen and oxygen atoms in total. The van der Waals surface area contributed by atoms with Crippen molar-refractivity contribution >= 4 is 11.9 Å². The number of carbonyl (C=O) groups is 1. The lowest BCUT2D eigenvalue weighted by atomic mass is 10.1. The number of anilines is 1. The second-order valence-electron chi connectivity index (χ2n) is 8.34. The summed E-state index contributed by atoms with van der Waals surface area (Å²) < 4.78 is 13.4. The molecule has 1 aromatic carbocycles. The van der Waals surface area contributed by atoms with Gasteiger partial charge in [0.1, 0.15) is 5.82 Å². The van der Waals surface area contributed by atoms with Crippen LogP contribution < -0.4 is 10.2 Å². The van der Waals surface area contributed by atoms with Crippen LogP contribution in [0, 0.1) is 5.82 Å². The standard InChI is InChI=1S/C23H24FN7O/c1-30-7-6-20-17(13-30)12-27-23(29-20)31-8-5-19(14-31)28-22(32)16-10-25-21(26-11-16)15-3-2-4-18(24)9-15/h2-4,9-12,19H,5-8,13-14H2,1H3,(H,28,32)/t19-/m0/s1. The molecule has 5 rings (SSSR count). The molecule has 1 atom stereocenters. The molecule has 3 aromatic rings. The van der Waals surface area contributed by atoms with Crippen LogP contribution in [0.5, 0.6) is 0 Å². The number of amides is 1. The zero-order chi connectivity index (χ0) is 22.1. The number of nitrogens with zero attached hydrogens (tertiary/aromatic N) is 6. The van der Waals surface area contributed by atoms with E-state index in [-0.39, 0.29) is 17.8 Å². The smallest absolute Gasteiger partial charge is 0.254 e. The van der Waals surface area contributed by atoms with Gasteiger partial charge in [0, 0.05) is 68.4 Å². The van der Waals surface area contributed by atoms with Crippen molar-refractivity contribution in [2.45, 2.75) is 25.4 Å². The maximum atomic E-state index is 13.4. The number of rotatable bonds is 4. The van der Waals surface area contributed by atoms with E-state index in [1.165, 1.54) is 30.1 Å². The molecule has 0 bridgehead atoms. The molecule has 0 saturated carbocycles. The van der Waals surface area contributed by atoms with Gasteiger partial charge in [-0.15, -0.1) is 0 Å². The van der Waals surface area contributed by atoms with Crippen molar-refractivity contribution in [3.05, 3.63) is 65.5 Å². The third-order valence-electron chi connectivity index (χ3n) is 5.92. The van der Waals surface area contributed by atoms with E-state index >= 15 is 0 Å². The van der Waals surface area contributed by atoms with E-state index in [2.05, 4.69) is 37.1 Å². The summed E-state index contributed by atoms with van der Waals surface area (Å²) >= 11 is 0. The third kappa shape index (κ3) is 4.29. The molecule has 164 valence electrons.